The molecule has 0 N–H and O–H groups in total. The lowest BCUT2D eigenvalue weighted by Crippen LogP contribution is -2.20. The van der Waals surface area contributed by atoms with Gasteiger partial charge in [-0.05, 0) is 68.2 Å². The van der Waals surface area contributed by atoms with Crippen LogP contribution in [-0.2, 0) is 10.8 Å². The van der Waals surface area contributed by atoms with Gasteiger partial charge in [-0.1, -0.05) is 168 Å². The highest BCUT2D eigenvalue weighted by atomic mass is 14.8. The van der Waals surface area contributed by atoms with Crippen molar-refractivity contribution >= 4 is 17.4 Å². The Morgan fingerprint density at radius 3 is 0.933 bits per heavy atom. The molecule has 2 nitrogen and oxygen atoms in total. The first kappa shape index (κ1) is 34.1. The SMILES string of the molecule is CC(C)c1cc(C(C)(C)c2ccccc2)cc(C(C)C)c1N=C=Nc1c(C(C)C)cc(C(C)(C)c2ccccc2)cc1C(C)C. The summed E-state index contributed by atoms with van der Waals surface area (Å²) >= 11 is 0. The van der Waals surface area contributed by atoms with Crippen LogP contribution in [0.2, 0.25) is 0 Å². The van der Waals surface area contributed by atoms with Gasteiger partial charge in [0.25, 0.3) is 0 Å². The molecule has 0 saturated heterocycles. The number of nitrogens with zero attached hydrogens (tertiary/aromatic N) is 2. The van der Waals surface area contributed by atoms with Crippen molar-refractivity contribution in [3.05, 3.63) is 129 Å². The monoisotopic (exact) mass is 598 g/mol. The Hall–Kier alpha value is -3.74. The van der Waals surface area contributed by atoms with Crippen molar-refractivity contribution in [2.24, 2.45) is 9.98 Å². The summed E-state index contributed by atoms with van der Waals surface area (Å²) in [5.41, 5.74) is 12.0. The van der Waals surface area contributed by atoms with Crippen LogP contribution in [0.5, 0.6) is 0 Å². The number of benzene rings is 4. The number of hydrogen-bond donors (Lipinski definition) is 0. The first-order valence-electron chi connectivity index (χ1n) is 16.8. The fourth-order valence-corrected chi connectivity index (χ4v) is 6.27. The molecule has 4 aromatic rings. The quantitative estimate of drug-likeness (QED) is 0.162. The van der Waals surface area contributed by atoms with E-state index < -0.39 is 0 Å². The third-order valence-electron chi connectivity index (χ3n) is 9.58. The second kappa shape index (κ2) is 13.7. The Labute approximate surface area is 273 Å². The van der Waals surface area contributed by atoms with Gasteiger partial charge in [-0.3, -0.25) is 0 Å². The van der Waals surface area contributed by atoms with Crippen LogP contribution >= 0.6 is 0 Å². The van der Waals surface area contributed by atoms with Crippen molar-refractivity contribution in [2.45, 2.75) is 118 Å². The van der Waals surface area contributed by atoms with Crippen molar-refractivity contribution in [3.63, 3.8) is 0 Å². The van der Waals surface area contributed by atoms with E-state index in [1.165, 1.54) is 44.5 Å². The molecule has 45 heavy (non-hydrogen) atoms. The van der Waals surface area contributed by atoms with E-state index in [9.17, 15) is 0 Å². The van der Waals surface area contributed by atoms with Crippen LogP contribution in [0.3, 0.4) is 0 Å². The number of rotatable bonds is 10. The molecule has 0 heterocycles. The molecule has 0 fully saturated rings. The highest BCUT2D eigenvalue weighted by molar-refractivity contribution is 5.69. The second-order valence-corrected chi connectivity index (χ2v) is 14.9. The minimum Gasteiger partial charge on any atom is -0.187 e. The zero-order chi connectivity index (χ0) is 33.1. The summed E-state index contributed by atoms with van der Waals surface area (Å²) in [5, 5.41) is 0. The van der Waals surface area contributed by atoms with Crippen LogP contribution in [0.4, 0.5) is 11.4 Å². The molecule has 0 aliphatic rings. The van der Waals surface area contributed by atoms with Gasteiger partial charge in [0.1, 0.15) is 6.01 Å². The lowest BCUT2D eigenvalue weighted by atomic mass is 9.75. The summed E-state index contributed by atoms with van der Waals surface area (Å²) in [5.74, 6) is 1.25. The summed E-state index contributed by atoms with van der Waals surface area (Å²) in [6, 6.07) is 34.3. The van der Waals surface area contributed by atoms with Crippen LogP contribution < -0.4 is 0 Å². The molecule has 2 heteroatoms. The smallest absolute Gasteiger partial charge is 0.101 e. The Kier molecular flexibility index (Phi) is 10.4. The predicted molar refractivity (Wildman–Crippen MR) is 196 cm³/mol. The average Bonchev–Trinajstić information content (AvgIpc) is 3.01. The molecule has 4 aromatic carbocycles. The van der Waals surface area contributed by atoms with Gasteiger partial charge in [0.05, 0.1) is 11.4 Å². The van der Waals surface area contributed by atoms with Crippen molar-refractivity contribution in [1.82, 2.24) is 0 Å². The zero-order valence-electron chi connectivity index (χ0n) is 29.8. The molecule has 236 valence electrons. The Balaban J connectivity index is 1.89. The zero-order valence-corrected chi connectivity index (χ0v) is 29.8. The Morgan fingerprint density at radius 2 is 0.689 bits per heavy atom. The molecule has 0 bridgehead atoms. The third kappa shape index (κ3) is 7.23. The van der Waals surface area contributed by atoms with E-state index in [1.54, 1.807) is 0 Å². The molecule has 4 rings (SSSR count). The Bertz CT molecular complexity index is 1480. The van der Waals surface area contributed by atoms with Crippen molar-refractivity contribution in [1.29, 1.82) is 0 Å². The second-order valence-electron chi connectivity index (χ2n) is 14.9. The van der Waals surface area contributed by atoms with Gasteiger partial charge in [0.2, 0.25) is 0 Å². The van der Waals surface area contributed by atoms with E-state index in [0.717, 1.165) is 11.4 Å². The molecule has 0 aliphatic carbocycles. The topological polar surface area (TPSA) is 24.7 Å². The first-order valence-corrected chi connectivity index (χ1v) is 16.8. The summed E-state index contributed by atoms with van der Waals surface area (Å²) in [7, 11) is 0. The standard InChI is InChI=1S/C43H54N2/c1-28(2)36-23-34(42(9,10)32-19-15-13-16-20-32)24-37(29(3)4)40(36)44-27-45-41-38(30(5)6)25-35(26-39(41)31(7)8)43(11,12)33-21-17-14-18-22-33/h13-26,28-31H,1-12H3. The largest absolute Gasteiger partial charge is 0.187 e. The summed E-state index contributed by atoms with van der Waals surface area (Å²) in [6.45, 7) is 27.4. The molecule has 0 radical (unpaired) electrons. The van der Waals surface area contributed by atoms with Crippen LogP contribution in [0, 0.1) is 0 Å². The predicted octanol–water partition coefficient (Wildman–Crippen LogP) is 13.0. The average molecular weight is 599 g/mol. The van der Waals surface area contributed by atoms with Crippen molar-refractivity contribution in [2.75, 3.05) is 0 Å². The molecule has 0 aliphatic heterocycles. The highest BCUT2D eigenvalue weighted by Crippen LogP contribution is 2.43. The molecular weight excluding hydrogens is 544 g/mol. The van der Waals surface area contributed by atoms with Crippen LogP contribution in [-0.4, -0.2) is 6.01 Å². The summed E-state index contributed by atoms with van der Waals surface area (Å²) in [4.78, 5) is 10.1. The van der Waals surface area contributed by atoms with Crippen LogP contribution in [0.1, 0.15) is 151 Å². The van der Waals surface area contributed by atoms with Crippen LogP contribution in [0.25, 0.3) is 0 Å². The van der Waals surface area contributed by atoms with E-state index in [4.69, 9.17) is 9.98 Å². The van der Waals surface area contributed by atoms with E-state index in [0.29, 0.717) is 23.7 Å². The van der Waals surface area contributed by atoms with Gasteiger partial charge < -0.3 is 0 Å². The van der Waals surface area contributed by atoms with Gasteiger partial charge in [-0.15, -0.1) is 0 Å². The maximum absolute atomic E-state index is 5.04. The normalized spacial score (nSPS) is 12.3. The molecular formula is C43H54N2. The fraction of sp³-hybridized carbons (Fsp3) is 0.419. The van der Waals surface area contributed by atoms with Gasteiger partial charge in [0, 0.05) is 10.8 Å². The molecule has 0 aromatic heterocycles. The third-order valence-corrected chi connectivity index (χ3v) is 9.58. The lowest BCUT2D eigenvalue weighted by Gasteiger charge is -2.29. The van der Waals surface area contributed by atoms with Gasteiger partial charge in [-0.25, -0.2) is 0 Å². The van der Waals surface area contributed by atoms with Gasteiger partial charge in [-0.2, -0.15) is 9.98 Å². The molecule has 0 amide bonds. The summed E-state index contributed by atoms with van der Waals surface area (Å²) < 4.78 is 0. The van der Waals surface area contributed by atoms with E-state index >= 15 is 0 Å². The number of aliphatic imine (C=N–C) groups is 2. The minimum atomic E-state index is -0.127. The number of hydrogen-bond acceptors (Lipinski definition) is 2. The van der Waals surface area contributed by atoms with E-state index in [-0.39, 0.29) is 10.8 Å². The minimum absolute atomic E-state index is 0.127. The highest BCUT2D eigenvalue weighted by Gasteiger charge is 2.28. The maximum atomic E-state index is 5.04. The molecule has 0 saturated carbocycles. The van der Waals surface area contributed by atoms with Crippen molar-refractivity contribution < 1.29 is 0 Å². The van der Waals surface area contributed by atoms with Gasteiger partial charge in [0.15, 0.2) is 0 Å². The maximum Gasteiger partial charge on any atom is 0.101 e. The molecule has 0 atom stereocenters. The van der Waals surface area contributed by atoms with E-state index in [2.05, 4.69) is 174 Å². The Morgan fingerprint density at radius 1 is 0.422 bits per heavy atom. The van der Waals surface area contributed by atoms with Gasteiger partial charge >= 0.3 is 0 Å². The molecule has 0 unspecified atom stereocenters. The lowest BCUT2D eigenvalue weighted by molar-refractivity contribution is 0.635. The summed E-state index contributed by atoms with van der Waals surface area (Å²) in [6.07, 6.45) is 0. The fourth-order valence-electron chi connectivity index (χ4n) is 6.27. The first-order chi connectivity index (χ1) is 21.2. The van der Waals surface area contributed by atoms with E-state index in [1.807, 2.05) is 0 Å². The van der Waals surface area contributed by atoms with Crippen molar-refractivity contribution in [3.8, 4) is 0 Å². The molecule has 0 spiro atoms. The van der Waals surface area contributed by atoms with Crippen LogP contribution in [0.15, 0.2) is 94.9 Å².